The molecule has 4 nitrogen and oxygen atoms in total. The molecule has 29 heavy (non-hydrogen) atoms. The molecule has 0 radical (unpaired) electrons. The van der Waals surface area contributed by atoms with Crippen LogP contribution in [0.1, 0.15) is 36.5 Å². The fourth-order valence-electron chi connectivity index (χ4n) is 3.99. The van der Waals surface area contributed by atoms with Gasteiger partial charge in [-0.15, -0.1) is 0 Å². The second-order valence-corrected chi connectivity index (χ2v) is 8.08. The first kappa shape index (κ1) is 19.4. The number of halogens is 1. The van der Waals surface area contributed by atoms with Crippen LogP contribution in [0.15, 0.2) is 54.2 Å². The van der Waals surface area contributed by atoms with Crippen molar-refractivity contribution < 1.29 is 14.0 Å². The van der Waals surface area contributed by atoms with Crippen molar-refractivity contribution in [2.45, 2.75) is 33.2 Å². The summed E-state index contributed by atoms with van der Waals surface area (Å²) in [7, 11) is 0. The quantitative estimate of drug-likeness (QED) is 0.734. The van der Waals surface area contributed by atoms with Gasteiger partial charge in [0.25, 0.3) is 11.8 Å². The van der Waals surface area contributed by atoms with Crippen LogP contribution in [-0.4, -0.2) is 34.7 Å². The standard InChI is InChI=1S/C24H25FN2O2/c1-16-3-5-18(6-4-16)15-27-23(28)21(19-7-9-20(25)10-8-19)22(24(27)29)26-13-11-17(2)12-14-26/h3-10,17H,11-15H2,1-2H3. The Morgan fingerprint density at radius 2 is 1.55 bits per heavy atom. The van der Waals surface area contributed by atoms with Crippen LogP contribution >= 0.6 is 0 Å². The maximum atomic E-state index is 13.5. The molecule has 5 heteroatoms. The highest BCUT2D eigenvalue weighted by molar-refractivity contribution is 6.35. The van der Waals surface area contributed by atoms with E-state index in [0.717, 1.165) is 37.1 Å². The summed E-state index contributed by atoms with van der Waals surface area (Å²) >= 11 is 0. The molecule has 0 atom stereocenters. The van der Waals surface area contributed by atoms with Crippen LogP contribution in [0, 0.1) is 18.7 Å². The van der Waals surface area contributed by atoms with Gasteiger partial charge in [0.15, 0.2) is 0 Å². The number of benzene rings is 2. The van der Waals surface area contributed by atoms with Gasteiger partial charge in [0.05, 0.1) is 12.1 Å². The average Bonchev–Trinajstić information content (AvgIpc) is 2.96. The Hall–Kier alpha value is -2.95. The maximum absolute atomic E-state index is 13.5. The molecule has 0 bridgehead atoms. The lowest BCUT2D eigenvalue weighted by atomic mass is 9.97. The van der Waals surface area contributed by atoms with Crippen molar-refractivity contribution in [1.29, 1.82) is 0 Å². The monoisotopic (exact) mass is 392 g/mol. The molecule has 1 fully saturated rings. The lowest BCUT2D eigenvalue weighted by Gasteiger charge is -2.32. The predicted molar refractivity (Wildman–Crippen MR) is 110 cm³/mol. The molecule has 150 valence electrons. The first-order chi connectivity index (χ1) is 13.9. The fraction of sp³-hybridized carbons (Fsp3) is 0.333. The molecular weight excluding hydrogens is 367 g/mol. The van der Waals surface area contributed by atoms with E-state index in [2.05, 4.69) is 6.92 Å². The molecule has 2 heterocycles. The third kappa shape index (κ3) is 3.82. The van der Waals surface area contributed by atoms with E-state index in [9.17, 15) is 14.0 Å². The third-order valence-electron chi connectivity index (χ3n) is 5.84. The molecule has 0 aromatic heterocycles. The van der Waals surface area contributed by atoms with Crippen LogP contribution in [0.2, 0.25) is 0 Å². The van der Waals surface area contributed by atoms with Crippen molar-refractivity contribution >= 4 is 17.4 Å². The average molecular weight is 392 g/mol. The Labute approximate surface area is 170 Å². The minimum absolute atomic E-state index is 0.233. The van der Waals surface area contributed by atoms with Crippen molar-refractivity contribution in [2.75, 3.05) is 13.1 Å². The van der Waals surface area contributed by atoms with Crippen molar-refractivity contribution in [1.82, 2.24) is 9.80 Å². The van der Waals surface area contributed by atoms with Crippen molar-refractivity contribution in [3.63, 3.8) is 0 Å². The van der Waals surface area contributed by atoms with Crippen LogP contribution in [0.5, 0.6) is 0 Å². The summed E-state index contributed by atoms with van der Waals surface area (Å²) in [5.41, 5.74) is 3.47. The highest BCUT2D eigenvalue weighted by Crippen LogP contribution is 2.34. The molecule has 4 rings (SSSR count). The predicted octanol–water partition coefficient (Wildman–Crippen LogP) is 4.15. The number of imide groups is 1. The van der Waals surface area contributed by atoms with Gasteiger partial charge in [-0.1, -0.05) is 48.9 Å². The van der Waals surface area contributed by atoms with E-state index in [1.54, 1.807) is 12.1 Å². The number of piperidine rings is 1. The minimum atomic E-state index is -0.365. The topological polar surface area (TPSA) is 40.6 Å². The lowest BCUT2D eigenvalue weighted by Crippen LogP contribution is -2.38. The number of carbonyl (C=O) groups is 2. The number of hydrogen-bond acceptors (Lipinski definition) is 3. The summed E-state index contributed by atoms with van der Waals surface area (Å²) in [5, 5.41) is 0. The molecular formula is C24H25FN2O2. The van der Waals surface area contributed by atoms with Gasteiger partial charge in [-0.25, -0.2) is 4.39 Å². The summed E-state index contributed by atoms with van der Waals surface area (Å²) in [6.07, 6.45) is 1.97. The summed E-state index contributed by atoms with van der Waals surface area (Å²) in [6, 6.07) is 13.7. The van der Waals surface area contributed by atoms with E-state index in [0.29, 0.717) is 22.8 Å². The highest BCUT2D eigenvalue weighted by atomic mass is 19.1. The highest BCUT2D eigenvalue weighted by Gasteiger charge is 2.42. The van der Waals surface area contributed by atoms with Gasteiger partial charge in [-0.3, -0.25) is 14.5 Å². The van der Waals surface area contributed by atoms with Crippen molar-refractivity contribution in [3.05, 3.63) is 76.7 Å². The molecule has 0 spiro atoms. The number of nitrogens with zero attached hydrogens (tertiary/aromatic N) is 2. The van der Waals surface area contributed by atoms with E-state index in [1.165, 1.54) is 17.0 Å². The first-order valence-corrected chi connectivity index (χ1v) is 10.1. The molecule has 0 aliphatic carbocycles. The van der Waals surface area contributed by atoms with Gasteiger partial charge in [0.2, 0.25) is 0 Å². The smallest absolute Gasteiger partial charge is 0.278 e. The zero-order valence-corrected chi connectivity index (χ0v) is 16.8. The summed E-state index contributed by atoms with van der Waals surface area (Å²) in [4.78, 5) is 30.0. The number of hydrogen-bond donors (Lipinski definition) is 0. The maximum Gasteiger partial charge on any atom is 0.278 e. The third-order valence-corrected chi connectivity index (χ3v) is 5.84. The second-order valence-electron chi connectivity index (χ2n) is 8.08. The van der Waals surface area contributed by atoms with Gasteiger partial charge in [0, 0.05) is 13.1 Å². The second kappa shape index (κ2) is 7.82. The molecule has 0 saturated carbocycles. The molecule has 1 saturated heterocycles. The lowest BCUT2D eigenvalue weighted by molar-refractivity contribution is -0.138. The molecule has 2 amide bonds. The van der Waals surface area contributed by atoms with Crippen molar-refractivity contribution in [3.8, 4) is 0 Å². The van der Waals surface area contributed by atoms with Crippen LogP contribution in [-0.2, 0) is 16.1 Å². The summed E-state index contributed by atoms with van der Waals surface area (Å²) in [5.74, 6) is -0.326. The number of rotatable bonds is 4. The Kier molecular flexibility index (Phi) is 5.22. The van der Waals surface area contributed by atoms with Crippen LogP contribution in [0.4, 0.5) is 4.39 Å². The van der Waals surface area contributed by atoms with E-state index in [-0.39, 0.29) is 24.2 Å². The number of carbonyl (C=O) groups excluding carboxylic acids is 2. The Morgan fingerprint density at radius 1 is 0.931 bits per heavy atom. The number of aryl methyl sites for hydroxylation is 1. The fourth-order valence-corrected chi connectivity index (χ4v) is 3.99. The Morgan fingerprint density at radius 3 is 2.17 bits per heavy atom. The van der Waals surface area contributed by atoms with Gasteiger partial charge < -0.3 is 4.90 Å². The van der Waals surface area contributed by atoms with E-state index in [1.807, 2.05) is 36.1 Å². The zero-order valence-electron chi connectivity index (χ0n) is 16.8. The molecule has 2 aliphatic heterocycles. The molecule has 0 unspecified atom stereocenters. The van der Waals surface area contributed by atoms with Crippen molar-refractivity contribution in [2.24, 2.45) is 5.92 Å². The van der Waals surface area contributed by atoms with Crippen LogP contribution in [0.25, 0.3) is 5.57 Å². The molecule has 0 N–H and O–H groups in total. The SMILES string of the molecule is Cc1ccc(CN2C(=O)C(c3ccc(F)cc3)=C(N3CCC(C)CC3)C2=O)cc1. The molecule has 2 aliphatic rings. The normalized spacial score (nSPS) is 18.2. The van der Waals surface area contributed by atoms with E-state index >= 15 is 0 Å². The van der Waals surface area contributed by atoms with Crippen LogP contribution in [0.3, 0.4) is 0 Å². The minimum Gasteiger partial charge on any atom is -0.366 e. The number of likely N-dealkylation sites (tertiary alicyclic amines) is 1. The Bertz CT molecular complexity index is 955. The van der Waals surface area contributed by atoms with Gasteiger partial charge in [-0.05, 0) is 48.9 Å². The van der Waals surface area contributed by atoms with Crippen LogP contribution < -0.4 is 0 Å². The summed E-state index contributed by atoms with van der Waals surface area (Å²) < 4.78 is 13.5. The molecule has 2 aromatic rings. The van der Waals surface area contributed by atoms with E-state index < -0.39 is 0 Å². The first-order valence-electron chi connectivity index (χ1n) is 10.1. The Balaban J connectivity index is 1.71. The number of amides is 2. The summed E-state index contributed by atoms with van der Waals surface area (Å²) in [6.45, 7) is 5.94. The van der Waals surface area contributed by atoms with Gasteiger partial charge >= 0.3 is 0 Å². The molecule has 2 aromatic carbocycles. The van der Waals surface area contributed by atoms with Gasteiger partial charge in [-0.2, -0.15) is 0 Å². The van der Waals surface area contributed by atoms with E-state index in [4.69, 9.17) is 0 Å². The van der Waals surface area contributed by atoms with Gasteiger partial charge in [0.1, 0.15) is 11.5 Å². The zero-order chi connectivity index (χ0) is 20.5. The largest absolute Gasteiger partial charge is 0.366 e.